The quantitative estimate of drug-likeness (QED) is 0.765. The fourth-order valence-corrected chi connectivity index (χ4v) is 1.47. The number of carbonyl (C=O) groups excluding carboxylic acids is 2. The molecule has 0 spiro atoms. The van der Waals surface area contributed by atoms with Crippen molar-refractivity contribution < 1.29 is 14.0 Å². The van der Waals surface area contributed by atoms with Gasteiger partial charge < -0.3 is 10.2 Å². The van der Waals surface area contributed by atoms with E-state index in [-0.39, 0.29) is 18.6 Å². The second-order valence-corrected chi connectivity index (χ2v) is 3.87. The Hall–Kier alpha value is -1.58. The second kappa shape index (κ2) is 6.10. The van der Waals surface area contributed by atoms with Crippen molar-refractivity contribution in [3.05, 3.63) is 23.7 Å². The van der Waals surface area contributed by atoms with Crippen molar-refractivity contribution in [2.75, 3.05) is 0 Å². The Morgan fingerprint density at radius 2 is 2.00 bits per heavy atom. The monoisotopic (exact) mass is 223 g/mol. The average molecular weight is 223 g/mol. The molecule has 0 saturated heterocycles. The largest absolute Gasteiger partial charge is 0.466 e. The molecule has 0 aliphatic heterocycles. The molecule has 1 aromatic rings. The number of nitrogens with two attached hydrogens (primary N) is 1. The molecule has 2 N–H and O–H groups in total. The van der Waals surface area contributed by atoms with Gasteiger partial charge in [0.25, 0.3) is 0 Å². The highest BCUT2D eigenvalue weighted by molar-refractivity contribution is 5.84. The predicted molar refractivity (Wildman–Crippen MR) is 59.8 cm³/mol. The summed E-state index contributed by atoms with van der Waals surface area (Å²) in [5, 5.41) is 0. The van der Waals surface area contributed by atoms with E-state index in [0.29, 0.717) is 6.42 Å². The number of rotatable bonds is 7. The van der Waals surface area contributed by atoms with Crippen LogP contribution >= 0.6 is 0 Å². The Bertz CT molecular complexity index is 368. The highest BCUT2D eigenvalue weighted by Crippen LogP contribution is 2.10. The van der Waals surface area contributed by atoms with Crippen LogP contribution in [0.15, 0.2) is 16.5 Å². The lowest BCUT2D eigenvalue weighted by Crippen LogP contribution is -2.12. The predicted octanol–water partition coefficient (Wildman–Crippen LogP) is 1.75. The smallest absolute Gasteiger partial charge is 0.217 e. The molecule has 0 bridgehead atoms. The fraction of sp³-hybridized carbons (Fsp3) is 0.500. The second-order valence-electron chi connectivity index (χ2n) is 3.87. The summed E-state index contributed by atoms with van der Waals surface area (Å²) in [6, 6.07) is 3.83. The summed E-state index contributed by atoms with van der Waals surface area (Å²) < 4.78 is 5.38. The molecule has 0 saturated carbocycles. The van der Waals surface area contributed by atoms with Crippen LogP contribution in [0, 0.1) is 6.92 Å². The SMILES string of the molecule is Cc1ccc(CCCC(=O)CCC(N)=O)o1. The molecule has 1 heterocycles. The molecule has 0 aliphatic carbocycles. The van der Waals surface area contributed by atoms with E-state index in [2.05, 4.69) is 0 Å². The number of furan rings is 1. The summed E-state index contributed by atoms with van der Waals surface area (Å²) in [5.74, 6) is 1.45. The maximum absolute atomic E-state index is 11.3. The maximum atomic E-state index is 11.3. The molecular weight excluding hydrogens is 206 g/mol. The van der Waals surface area contributed by atoms with Crippen molar-refractivity contribution >= 4 is 11.7 Å². The van der Waals surface area contributed by atoms with Crippen molar-refractivity contribution in [2.45, 2.75) is 39.0 Å². The van der Waals surface area contributed by atoms with Gasteiger partial charge in [0.1, 0.15) is 17.3 Å². The molecule has 0 aliphatic rings. The van der Waals surface area contributed by atoms with E-state index in [1.165, 1.54) is 0 Å². The number of hydrogen-bond donors (Lipinski definition) is 1. The van der Waals surface area contributed by atoms with Crippen LogP contribution in [0.25, 0.3) is 0 Å². The van der Waals surface area contributed by atoms with Gasteiger partial charge in [-0.2, -0.15) is 0 Å². The molecule has 1 amide bonds. The molecule has 0 atom stereocenters. The zero-order chi connectivity index (χ0) is 12.0. The molecule has 4 heteroatoms. The lowest BCUT2D eigenvalue weighted by molar-refractivity contribution is -0.123. The van der Waals surface area contributed by atoms with E-state index in [0.717, 1.165) is 24.4 Å². The molecule has 4 nitrogen and oxygen atoms in total. The molecule has 0 aromatic carbocycles. The molecule has 88 valence electrons. The Morgan fingerprint density at radius 3 is 2.56 bits per heavy atom. The van der Waals surface area contributed by atoms with Gasteiger partial charge in [-0.05, 0) is 25.5 Å². The van der Waals surface area contributed by atoms with Crippen molar-refractivity contribution in [1.29, 1.82) is 0 Å². The summed E-state index contributed by atoms with van der Waals surface area (Å²) in [7, 11) is 0. The summed E-state index contributed by atoms with van der Waals surface area (Å²) in [6.45, 7) is 1.89. The van der Waals surface area contributed by atoms with Crippen LogP contribution in [0.1, 0.15) is 37.2 Å². The number of aryl methyl sites for hydroxylation is 2. The molecule has 16 heavy (non-hydrogen) atoms. The van der Waals surface area contributed by atoms with Crippen LogP contribution in [0.3, 0.4) is 0 Å². The zero-order valence-corrected chi connectivity index (χ0v) is 9.49. The number of ketones is 1. The zero-order valence-electron chi connectivity index (χ0n) is 9.49. The van der Waals surface area contributed by atoms with Gasteiger partial charge in [-0.1, -0.05) is 0 Å². The van der Waals surface area contributed by atoms with Crippen LogP contribution < -0.4 is 5.73 Å². The summed E-state index contributed by atoms with van der Waals surface area (Å²) >= 11 is 0. The highest BCUT2D eigenvalue weighted by Gasteiger charge is 2.05. The standard InChI is InChI=1S/C12H17NO3/c1-9-5-7-11(16-9)4-2-3-10(14)6-8-12(13)15/h5,7H,2-4,6,8H2,1H3,(H2,13,15). The van der Waals surface area contributed by atoms with Gasteiger partial charge in [-0.15, -0.1) is 0 Å². The van der Waals surface area contributed by atoms with Crippen molar-refractivity contribution in [3.63, 3.8) is 0 Å². The molecule has 0 unspecified atom stereocenters. The summed E-state index contributed by atoms with van der Waals surface area (Å²) in [6.07, 6.45) is 2.40. The van der Waals surface area contributed by atoms with Gasteiger partial charge >= 0.3 is 0 Å². The Morgan fingerprint density at radius 1 is 1.25 bits per heavy atom. The van der Waals surface area contributed by atoms with E-state index < -0.39 is 5.91 Å². The van der Waals surface area contributed by atoms with Crippen molar-refractivity contribution in [1.82, 2.24) is 0 Å². The third kappa shape index (κ3) is 4.77. The Kier molecular flexibility index (Phi) is 4.76. The first kappa shape index (κ1) is 12.5. The molecule has 0 radical (unpaired) electrons. The Labute approximate surface area is 94.8 Å². The van der Waals surface area contributed by atoms with Gasteiger partial charge in [0, 0.05) is 25.7 Å². The van der Waals surface area contributed by atoms with Crippen LogP contribution in [-0.2, 0) is 16.0 Å². The lowest BCUT2D eigenvalue weighted by Gasteiger charge is -1.98. The number of carbonyl (C=O) groups is 2. The first-order chi connectivity index (χ1) is 7.58. The molecular formula is C12H17NO3. The van der Waals surface area contributed by atoms with E-state index in [1.54, 1.807) is 0 Å². The van der Waals surface area contributed by atoms with E-state index >= 15 is 0 Å². The van der Waals surface area contributed by atoms with Crippen LogP contribution in [0.4, 0.5) is 0 Å². The minimum atomic E-state index is -0.421. The first-order valence-electron chi connectivity index (χ1n) is 5.43. The highest BCUT2D eigenvalue weighted by atomic mass is 16.3. The normalized spacial score (nSPS) is 10.3. The van der Waals surface area contributed by atoms with Crippen molar-refractivity contribution in [2.24, 2.45) is 5.73 Å². The van der Waals surface area contributed by atoms with E-state index in [9.17, 15) is 9.59 Å². The van der Waals surface area contributed by atoms with Gasteiger partial charge in [0.15, 0.2) is 0 Å². The number of hydrogen-bond acceptors (Lipinski definition) is 3. The van der Waals surface area contributed by atoms with Crippen LogP contribution in [-0.4, -0.2) is 11.7 Å². The molecule has 1 aromatic heterocycles. The number of primary amides is 1. The van der Waals surface area contributed by atoms with Gasteiger partial charge in [0.2, 0.25) is 5.91 Å². The number of Topliss-reactive ketones (excluding diaryl/α,β-unsaturated/α-hetero) is 1. The van der Waals surface area contributed by atoms with Gasteiger partial charge in [-0.3, -0.25) is 9.59 Å². The molecule has 0 fully saturated rings. The van der Waals surface area contributed by atoms with Crippen LogP contribution in [0.2, 0.25) is 0 Å². The fourth-order valence-electron chi connectivity index (χ4n) is 1.47. The first-order valence-corrected chi connectivity index (χ1v) is 5.43. The minimum absolute atomic E-state index is 0.0853. The Balaban J connectivity index is 2.15. The lowest BCUT2D eigenvalue weighted by atomic mass is 10.1. The topological polar surface area (TPSA) is 73.3 Å². The summed E-state index contributed by atoms with van der Waals surface area (Å²) in [4.78, 5) is 21.8. The summed E-state index contributed by atoms with van der Waals surface area (Å²) in [5.41, 5.74) is 4.96. The third-order valence-corrected chi connectivity index (χ3v) is 2.33. The third-order valence-electron chi connectivity index (χ3n) is 2.33. The van der Waals surface area contributed by atoms with Gasteiger partial charge in [0.05, 0.1) is 0 Å². The van der Waals surface area contributed by atoms with E-state index in [4.69, 9.17) is 10.2 Å². The maximum Gasteiger partial charge on any atom is 0.217 e. The van der Waals surface area contributed by atoms with Gasteiger partial charge in [-0.25, -0.2) is 0 Å². The minimum Gasteiger partial charge on any atom is -0.466 e. The van der Waals surface area contributed by atoms with Crippen LogP contribution in [0.5, 0.6) is 0 Å². The number of amides is 1. The average Bonchev–Trinajstić information content (AvgIpc) is 2.61. The van der Waals surface area contributed by atoms with Crippen molar-refractivity contribution in [3.8, 4) is 0 Å². The molecule has 1 rings (SSSR count). The van der Waals surface area contributed by atoms with E-state index in [1.807, 2.05) is 19.1 Å².